The van der Waals surface area contributed by atoms with Gasteiger partial charge >= 0.3 is 0 Å². The van der Waals surface area contributed by atoms with Crippen molar-refractivity contribution in [3.8, 4) is 0 Å². The van der Waals surface area contributed by atoms with Crippen LogP contribution in [0.25, 0.3) is 0 Å². The lowest BCUT2D eigenvalue weighted by Gasteiger charge is -2.36. The summed E-state index contributed by atoms with van der Waals surface area (Å²) in [5.74, 6) is -3.50. The maximum atomic E-state index is 13.3. The lowest BCUT2D eigenvalue weighted by Crippen LogP contribution is -3.00. The first-order valence-electron chi connectivity index (χ1n) is 12.9. The van der Waals surface area contributed by atoms with Crippen molar-refractivity contribution < 1.29 is 66.2 Å². The quantitative estimate of drug-likeness (QED) is 0.0586. The molecule has 3 unspecified atom stereocenters. The molecule has 0 bridgehead atoms. The van der Waals surface area contributed by atoms with E-state index in [1.165, 1.54) is 13.8 Å². The molecule has 6 N–H and O–H groups in total. The second-order valence-corrected chi connectivity index (χ2v) is 15.0. The SMILES string of the molecule is C.C.C.CCC(CC(CC(C)(C)C(=O)NC[N+](C)(C)CC(O)C[N+](C)(C)C)C(=O)NC(C)(C)CS(=O)(=O)O)C(N)=O.[Cl-].[Cl-]. The van der Waals surface area contributed by atoms with Gasteiger partial charge in [0.1, 0.15) is 13.1 Å². The van der Waals surface area contributed by atoms with Crippen LogP contribution < -0.4 is 41.2 Å². The van der Waals surface area contributed by atoms with Crippen molar-refractivity contribution in [3.63, 3.8) is 0 Å². The molecule has 0 rings (SSSR count). The van der Waals surface area contributed by atoms with Crippen molar-refractivity contribution in [2.75, 3.05) is 60.7 Å². The van der Waals surface area contributed by atoms with Crippen molar-refractivity contribution in [2.24, 2.45) is 23.0 Å². The third-order valence-corrected chi connectivity index (χ3v) is 7.43. The van der Waals surface area contributed by atoms with Crippen molar-refractivity contribution in [1.29, 1.82) is 0 Å². The number of nitrogens with zero attached hydrogens (tertiary/aromatic N) is 2. The summed E-state index contributed by atoms with van der Waals surface area (Å²) < 4.78 is 33.0. The zero-order chi connectivity index (χ0) is 30.3. The summed E-state index contributed by atoms with van der Waals surface area (Å²) in [4.78, 5) is 38.4. The fourth-order valence-electron chi connectivity index (χ4n) is 4.60. The van der Waals surface area contributed by atoms with Crippen molar-refractivity contribution in [2.45, 2.75) is 87.8 Å². The second kappa shape index (κ2) is 20.7. The minimum absolute atomic E-state index is 0. The number of aliphatic hydroxyl groups excluding tert-OH is 1. The number of carbonyl (C=O) groups excluding carboxylic acids is 3. The molecule has 264 valence electrons. The second-order valence-electron chi connectivity index (χ2n) is 13.5. The number of primary amides is 1. The molecule has 43 heavy (non-hydrogen) atoms. The van der Waals surface area contributed by atoms with Gasteiger partial charge in [-0.3, -0.25) is 18.9 Å². The van der Waals surface area contributed by atoms with E-state index in [0.717, 1.165) is 0 Å². The molecule has 0 spiro atoms. The molecule has 0 fully saturated rings. The van der Waals surface area contributed by atoms with Gasteiger partial charge in [0, 0.05) is 17.3 Å². The molecule has 3 atom stereocenters. The van der Waals surface area contributed by atoms with Gasteiger partial charge in [-0.15, -0.1) is 0 Å². The number of nitrogens with one attached hydrogen (secondary N) is 2. The van der Waals surface area contributed by atoms with Crippen LogP contribution in [0.1, 0.15) is 76.2 Å². The predicted octanol–water partition coefficient (Wildman–Crippen LogP) is -4.16. The minimum Gasteiger partial charge on any atom is -1.00 e. The number of carbonyl (C=O) groups is 3. The molecule has 12 nitrogen and oxygen atoms in total. The number of likely N-dealkylation sites (N-methyl/N-ethyl adjacent to an activating group) is 2. The van der Waals surface area contributed by atoms with E-state index in [-0.39, 0.29) is 72.5 Å². The van der Waals surface area contributed by atoms with E-state index >= 15 is 0 Å². The highest BCUT2D eigenvalue weighted by Crippen LogP contribution is 2.31. The van der Waals surface area contributed by atoms with Gasteiger partial charge in [0.15, 0.2) is 12.8 Å². The van der Waals surface area contributed by atoms with E-state index in [1.54, 1.807) is 20.8 Å². The topological polar surface area (TPSA) is 176 Å². The van der Waals surface area contributed by atoms with Crippen molar-refractivity contribution in [3.05, 3.63) is 0 Å². The molecule has 0 aliphatic rings. The van der Waals surface area contributed by atoms with Gasteiger partial charge < -0.3 is 55.3 Å². The maximum absolute atomic E-state index is 13.3. The Morgan fingerprint density at radius 2 is 1.37 bits per heavy atom. The van der Waals surface area contributed by atoms with Gasteiger partial charge in [-0.1, -0.05) is 43.1 Å². The Kier molecular flexibility index (Phi) is 26.2. The summed E-state index contributed by atoms with van der Waals surface area (Å²) in [5.41, 5.74) is 3.22. The van der Waals surface area contributed by atoms with Crippen molar-refractivity contribution in [1.82, 2.24) is 10.6 Å². The Morgan fingerprint density at radius 1 is 0.907 bits per heavy atom. The van der Waals surface area contributed by atoms with Gasteiger partial charge in [-0.05, 0) is 33.1 Å². The first-order chi connectivity index (χ1) is 16.8. The summed E-state index contributed by atoms with van der Waals surface area (Å²) in [5, 5.41) is 16.0. The largest absolute Gasteiger partial charge is 1.00 e. The molecule has 0 aliphatic heterocycles. The van der Waals surface area contributed by atoms with E-state index in [0.29, 0.717) is 28.5 Å². The Labute approximate surface area is 275 Å². The van der Waals surface area contributed by atoms with E-state index in [1.807, 2.05) is 35.2 Å². The fraction of sp³-hybridized carbons (Fsp3) is 0.893. The normalized spacial score (nSPS) is 14.0. The molecule has 0 saturated heterocycles. The highest BCUT2D eigenvalue weighted by atomic mass is 35.5. The fourth-order valence-corrected chi connectivity index (χ4v) is 5.58. The monoisotopic (exact) mass is 685 g/mol. The van der Waals surface area contributed by atoms with Gasteiger partial charge in [0.25, 0.3) is 10.1 Å². The molecule has 15 heteroatoms. The van der Waals surface area contributed by atoms with Gasteiger partial charge in [0.05, 0.1) is 46.5 Å². The Hall–Kier alpha value is -1.22. The van der Waals surface area contributed by atoms with E-state index in [4.69, 9.17) is 5.73 Å². The van der Waals surface area contributed by atoms with Gasteiger partial charge in [0.2, 0.25) is 17.7 Å². The first kappa shape index (κ1) is 54.3. The summed E-state index contributed by atoms with van der Waals surface area (Å²) in [6.07, 6.45) is 0.0127. The molecule has 0 aromatic carbocycles. The molecule has 0 aromatic heterocycles. The van der Waals surface area contributed by atoms with Crippen LogP contribution in [-0.4, -0.2) is 117 Å². The lowest BCUT2D eigenvalue weighted by atomic mass is 9.77. The molecule has 0 heterocycles. The van der Waals surface area contributed by atoms with Gasteiger partial charge in [-0.2, -0.15) is 8.42 Å². The third kappa shape index (κ3) is 23.8. The van der Waals surface area contributed by atoms with Crippen LogP contribution in [0, 0.1) is 17.3 Å². The average Bonchev–Trinajstić information content (AvgIpc) is 2.64. The summed E-state index contributed by atoms with van der Waals surface area (Å²) in [7, 11) is 5.42. The number of amides is 3. The Balaban J connectivity index is -0.000000684. The standard InChI is InChI=1S/C25H51N5O7S.3CH4.2ClH/c1-11-18(21(26)32)12-19(22(33)28-25(4,5)16-38(35,36)37)13-24(2,3)23(34)27-17-30(9,10)15-20(31)14-29(6,7)8;;;;;/h18-20,31H,11-17H2,1-10H3,(H3-2,26,27,28,32,33,34,35,36,37);3*1H4;2*1H. The zero-order valence-electron chi connectivity index (χ0n) is 25.8. The highest BCUT2D eigenvalue weighted by molar-refractivity contribution is 7.85. The van der Waals surface area contributed by atoms with Crippen LogP contribution >= 0.6 is 0 Å². The molecule has 0 saturated carbocycles. The summed E-state index contributed by atoms with van der Waals surface area (Å²) >= 11 is 0. The number of nitrogens with two attached hydrogens (primary N) is 1. The summed E-state index contributed by atoms with van der Waals surface area (Å²) in [6, 6.07) is 0. The van der Waals surface area contributed by atoms with Crippen LogP contribution in [0.5, 0.6) is 0 Å². The number of hydrogen-bond acceptors (Lipinski definition) is 6. The molecular weight excluding hydrogens is 621 g/mol. The Morgan fingerprint density at radius 3 is 1.74 bits per heavy atom. The maximum Gasteiger partial charge on any atom is 0.267 e. The molecule has 0 aromatic rings. The number of hydrogen-bond donors (Lipinski definition) is 5. The van der Waals surface area contributed by atoms with Crippen molar-refractivity contribution >= 4 is 27.8 Å². The van der Waals surface area contributed by atoms with Crippen LogP contribution in [0.3, 0.4) is 0 Å². The van der Waals surface area contributed by atoms with Gasteiger partial charge in [-0.25, -0.2) is 0 Å². The molecule has 3 amide bonds. The molecule has 0 aliphatic carbocycles. The summed E-state index contributed by atoms with van der Waals surface area (Å²) in [6.45, 7) is 9.35. The highest BCUT2D eigenvalue weighted by Gasteiger charge is 2.38. The van der Waals surface area contributed by atoms with E-state index < -0.39 is 56.6 Å². The third-order valence-electron chi connectivity index (χ3n) is 6.34. The number of quaternary nitrogens is 2. The Bertz CT molecular complexity index is 940. The van der Waals surface area contributed by atoms with Crippen LogP contribution in [0.15, 0.2) is 0 Å². The van der Waals surface area contributed by atoms with Crippen LogP contribution in [-0.2, 0) is 24.5 Å². The zero-order valence-corrected chi connectivity index (χ0v) is 28.1. The number of rotatable bonds is 17. The van der Waals surface area contributed by atoms with Crippen LogP contribution in [0.2, 0.25) is 0 Å². The number of aliphatic hydroxyl groups is 1. The molecular formula is C28H65Cl2N5O7S. The first-order valence-corrected chi connectivity index (χ1v) is 14.6. The average molecular weight is 687 g/mol. The lowest BCUT2D eigenvalue weighted by molar-refractivity contribution is -0.908. The van der Waals surface area contributed by atoms with E-state index in [2.05, 4.69) is 10.6 Å². The van der Waals surface area contributed by atoms with Crippen LogP contribution in [0.4, 0.5) is 0 Å². The molecule has 0 radical (unpaired) electrons. The minimum atomic E-state index is -4.36. The smallest absolute Gasteiger partial charge is 0.267 e. The van der Waals surface area contributed by atoms with E-state index in [9.17, 15) is 32.5 Å². The number of halogens is 2. The predicted molar refractivity (Wildman–Crippen MR) is 167 cm³/mol.